The summed E-state index contributed by atoms with van der Waals surface area (Å²) in [6.45, 7) is 4.37. The minimum Gasteiger partial charge on any atom is -0.493 e. The lowest BCUT2D eigenvalue weighted by molar-refractivity contribution is -0.132. The van der Waals surface area contributed by atoms with Gasteiger partial charge in [0.05, 0.1) is 27.0 Å². The van der Waals surface area contributed by atoms with Crippen molar-refractivity contribution in [1.82, 2.24) is 9.21 Å². The van der Waals surface area contributed by atoms with Crippen molar-refractivity contribution in [3.8, 4) is 11.5 Å². The molecule has 0 fully saturated rings. The smallest absolute Gasteiger partial charge is 0.238 e. The molecular weight excluding hydrogens is 344 g/mol. The van der Waals surface area contributed by atoms with Gasteiger partial charge in [0.15, 0.2) is 11.5 Å². The SMILES string of the molecule is COc1cc2c(cc1OC)CN(C(=O)CN(C(C)C)S(C)(=O)=O)CC2. The van der Waals surface area contributed by atoms with E-state index < -0.39 is 10.0 Å². The van der Waals surface area contributed by atoms with E-state index in [4.69, 9.17) is 9.47 Å². The van der Waals surface area contributed by atoms with Gasteiger partial charge in [-0.2, -0.15) is 4.31 Å². The molecule has 140 valence electrons. The van der Waals surface area contributed by atoms with E-state index in [9.17, 15) is 13.2 Å². The quantitative estimate of drug-likeness (QED) is 0.753. The fraction of sp³-hybridized carbons (Fsp3) is 0.588. The van der Waals surface area contributed by atoms with Crippen molar-refractivity contribution >= 4 is 15.9 Å². The lowest BCUT2D eigenvalue weighted by atomic mass is 9.98. The molecule has 1 aromatic carbocycles. The van der Waals surface area contributed by atoms with Crippen molar-refractivity contribution < 1.29 is 22.7 Å². The van der Waals surface area contributed by atoms with Crippen molar-refractivity contribution in [2.24, 2.45) is 0 Å². The minimum atomic E-state index is -3.43. The Morgan fingerprint density at radius 3 is 2.24 bits per heavy atom. The summed E-state index contributed by atoms with van der Waals surface area (Å²) in [5.41, 5.74) is 2.11. The van der Waals surface area contributed by atoms with Gasteiger partial charge in [0.1, 0.15) is 0 Å². The van der Waals surface area contributed by atoms with Gasteiger partial charge in [0, 0.05) is 19.1 Å². The molecule has 0 aliphatic carbocycles. The van der Waals surface area contributed by atoms with Crippen LogP contribution in [0.3, 0.4) is 0 Å². The lowest BCUT2D eigenvalue weighted by Crippen LogP contribution is -2.46. The first-order valence-electron chi connectivity index (χ1n) is 8.15. The van der Waals surface area contributed by atoms with Gasteiger partial charge >= 0.3 is 0 Å². The van der Waals surface area contributed by atoms with Crippen LogP contribution in [0.4, 0.5) is 0 Å². The van der Waals surface area contributed by atoms with Crippen molar-refractivity contribution in [3.63, 3.8) is 0 Å². The van der Waals surface area contributed by atoms with Crippen molar-refractivity contribution in [2.45, 2.75) is 32.9 Å². The normalized spacial score (nSPS) is 14.6. The molecule has 0 unspecified atom stereocenters. The molecule has 0 spiro atoms. The monoisotopic (exact) mass is 370 g/mol. The summed E-state index contributed by atoms with van der Waals surface area (Å²) in [5.74, 6) is 1.10. The fourth-order valence-corrected chi connectivity index (χ4v) is 4.12. The summed E-state index contributed by atoms with van der Waals surface area (Å²) < 4.78 is 35.6. The van der Waals surface area contributed by atoms with E-state index in [1.54, 1.807) is 33.0 Å². The molecule has 25 heavy (non-hydrogen) atoms. The Morgan fingerprint density at radius 1 is 1.20 bits per heavy atom. The molecule has 1 aromatic rings. The molecule has 1 aliphatic rings. The van der Waals surface area contributed by atoms with Crippen LogP contribution in [0.1, 0.15) is 25.0 Å². The lowest BCUT2D eigenvalue weighted by Gasteiger charge is -2.32. The summed E-state index contributed by atoms with van der Waals surface area (Å²) in [7, 11) is -0.265. The maximum atomic E-state index is 12.6. The number of benzene rings is 1. The summed E-state index contributed by atoms with van der Waals surface area (Å²) in [5, 5.41) is 0. The van der Waals surface area contributed by atoms with Gasteiger partial charge in [0.25, 0.3) is 0 Å². The molecule has 1 heterocycles. The van der Waals surface area contributed by atoms with Crippen molar-refractivity contribution in [3.05, 3.63) is 23.3 Å². The predicted octanol–water partition coefficient (Wildman–Crippen LogP) is 1.26. The maximum Gasteiger partial charge on any atom is 0.238 e. The van der Waals surface area contributed by atoms with Crippen LogP contribution >= 0.6 is 0 Å². The van der Waals surface area contributed by atoms with Gasteiger partial charge in [-0.1, -0.05) is 0 Å². The topological polar surface area (TPSA) is 76.2 Å². The van der Waals surface area contributed by atoms with E-state index in [-0.39, 0.29) is 18.5 Å². The molecular formula is C17H26N2O5S. The number of hydrogen-bond donors (Lipinski definition) is 0. The van der Waals surface area contributed by atoms with Crippen LogP contribution in [-0.2, 0) is 27.8 Å². The zero-order valence-electron chi connectivity index (χ0n) is 15.4. The molecule has 0 atom stereocenters. The van der Waals surface area contributed by atoms with Gasteiger partial charge < -0.3 is 14.4 Å². The molecule has 0 saturated heterocycles. The number of sulfonamides is 1. The third-order valence-corrected chi connectivity index (χ3v) is 5.77. The number of carbonyl (C=O) groups is 1. The maximum absolute atomic E-state index is 12.6. The van der Waals surface area contributed by atoms with Crippen LogP contribution in [-0.4, -0.2) is 63.1 Å². The predicted molar refractivity (Wildman–Crippen MR) is 95.4 cm³/mol. The highest BCUT2D eigenvalue weighted by Gasteiger charge is 2.28. The molecule has 0 radical (unpaired) electrons. The highest BCUT2D eigenvalue weighted by Crippen LogP contribution is 2.33. The second-order valence-corrected chi connectivity index (χ2v) is 8.38. The third-order valence-electron chi connectivity index (χ3n) is 4.36. The average molecular weight is 370 g/mol. The highest BCUT2D eigenvalue weighted by molar-refractivity contribution is 7.88. The van der Waals surface area contributed by atoms with E-state index >= 15 is 0 Å². The number of hydrogen-bond acceptors (Lipinski definition) is 5. The summed E-state index contributed by atoms with van der Waals surface area (Å²) in [6.07, 6.45) is 1.82. The Labute approximate surface area is 149 Å². The second-order valence-electron chi connectivity index (χ2n) is 6.44. The molecule has 0 bridgehead atoms. The van der Waals surface area contributed by atoms with Crippen LogP contribution < -0.4 is 9.47 Å². The van der Waals surface area contributed by atoms with E-state index in [1.165, 1.54) is 4.31 Å². The van der Waals surface area contributed by atoms with Crippen molar-refractivity contribution in [2.75, 3.05) is 33.6 Å². The van der Waals surface area contributed by atoms with E-state index in [2.05, 4.69) is 0 Å². The summed E-state index contributed by atoms with van der Waals surface area (Å²) in [4.78, 5) is 14.3. The number of amides is 1. The fourth-order valence-electron chi connectivity index (χ4n) is 3.01. The Hall–Kier alpha value is -1.80. The van der Waals surface area contributed by atoms with Crippen LogP contribution in [0.2, 0.25) is 0 Å². The summed E-state index contributed by atoms with van der Waals surface area (Å²) >= 11 is 0. The Kier molecular flexibility index (Phi) is 5.95. The number of rotatable bonds is 6. The highest BCUT2D eigenvalue weighted by atomic mass is 32.2. The standard InChI is InChI=1S/C17H26N2O5S/c1-12(2)19(25(5,21)22)11-17(20)18-7-6-13-8-15(23-3)16(24-4)9-14(13)10-18/h8-9,12H,6-7,10-11H2,1-5H3. The van der Waals surface area contributed by atoms with Gasteiger partial charge in [-0.25, -0.2) is 8.42 Å². The first-order chi connectivity index (χ1) is 11.7. The molecule has 0 N–H and O–H groups in total. The second kappa shape index (κ2) is 7.61. The summed E-state index contributed by atoms with van der Waals surface area (Å²) in [6, 6.07) is 3.55. The molecule has 1 aliphatic heterocycles. The van der Waals surface area contributed by atoms with Crippen LogP contribution in [0.25, 0.3) is 0 Å². The minimum absolute atomic E-state index is 0.140. The molecule has 8 heteroatoms. The third kappa shape index (κ3) is 4.43. The van der Waals surface area contributed by atoms with Crippen LogP contribution in [0, 0.1) is 0 Å². The average Bonchev–Trinajstić information content (AvgIpc) is 2.56. The zero-order valence-corrected chi connectivity index (χ0v) is 16.2. The molecule has 1 amide bonds. The first-order valence-corrected chi connectivity index (χ1v) is 10.0. The number of methoxy groups -OCH3 is 2. The Balaban J connectivity index is 2.18. The molecule has 2 rings (SSSR count). The van der Waals surface area contributed by atoms with Gasteiger partial charge in [0.2, 0.25) is 15.9 Å². The van der Waals surface area contributed by atoms with E-state index in [0.29, 0.717) is 31.0 Å². The number of carbonyl (C=O) groups excluding carboxylic acids is 1. The first kappa shape index (κ1) is 19.5. The van der Waals surface area contributed by atoms with E-state index in [0.717, 1.165) is 17.4 Å². The largest absolute Gasteiger partial charge is 0.493 e. The van der Waals surface area contributed by atoms with Gasteiger partial charge in [-0.3, -0.25) is 4.79 Å². The van der Waals surface area contributed by atoms with Crippen LogP contribution in [0.5, 0.6) is 11.5 Å². The molecule has 7 nitrogen and oxygen atoms in total. The van der Waals surface area contributed by atoms with Gasteiger partial charge in [-0.15, -0.1) is 0 Å². The zero-order chi connectivity index (χ0) is 18.8. The number of nitrogens with zero attached hydrogens (tertiary/aromatic N) is 2. The number of fused-ring (bicyclic) bond motifs is 1. The van der Waals surface area contributed by atoms with E-state index in [1.807, 2.05) is 12.1 Å². The van der Waals surface area contributed by atoms with Gasteiger partial charge in [-0.05, 0) is 43.5 Å². The van der Waals surface area contributed by atoms with Crippen molar-refractivity contribution in [1.29, 1.82) is 0 Å². The Bertz CT molecular complexity index is 746. The molecule has 0 saturated carbocycles. The Morgan fingerprint density at radius 2 is 1.76 bits per heavy atom. The number of ether oxygens (including phenoxy) is 2. The van der Waals surface area contributed by atoms with Crippen LogP contribution in [0.15, 0.2) is 12.1 Å². The molecule has 0 aromatic heterocycles.